The summed E-state index contributed by atoms with van der Waals surface area (Å²) in [6, 6.07) is 8.09. The van der Waals surface area contributed by atoms with Crippen LogP contribution in [0.1, 0.15) is 54.9 Å². The summed E-state index contributed by atoms with van der Waals surface area (Å²) in [4.78, 5) is 13.5. The highest BCUT2D eigenvalue weighted by molar-refractivity contribution is 5.87. The number of carbonyl (C=O) groups is 1. The monoisotopic (exact) mass is 261 g/mol. The van der Waals surface area contributed by atoms with Gasteiger partial charge in [0.05, 0.1) is 5.56 Å². The highest BCUT2D eigenvalue weighted by Gasteiger charge is 2.23. The van der Waals surface area contributed by atoms with E-state index in [9.17, 15) is 4.79 Å². The first-order chi connectivity index (χ1) is 9.11. The molecule has 104 valence electrons. The molecule has 1 fully saturated rings. The van der Waals surface area contributed by atoms with Crippen LogP contribution in [0.4, 0.5) is 0 Å². The average Bonchev–Trinajstić information content (AvgIpc) is 2.46. The third-order valence-corrected chi connectivity index (χ3v) is 4.35. The van der Waals surface area contributed by atoms with E-state index < -0.39 is 5.97 Å². The van der Waals surface area contributed by atoms with E-state index in [-0.39, 0.29) is 0 Å². The minimum atomic E-state index is -0.834. The Hall–Kier alpha value is -1.35. The van der Waals surface area contributed by atoms with E-state index in [4.69, 9.17) is 5.11 Å². The molecule has 0 aromatic heterocycles. The van der Waals surface area contributed by atoms with E-state index in [0.717, 1.165) is 25.9 Å². The number of piperidine rings is 1. The lowest BCUT2D eigenvalue weighted by molar-refractivity contribution is 0.0696. The first-order valence-corrected chi connectivity index (χ1v) is 7.19. The van der Waals surface area contributed by atoms with Gasteiger partial charge in [0.1, 0.15) is 0 Å². The van der Waals surface area contributed by atoms with Crippen LogP contribution >= 0.6 is 0 Å². The summed E-state index contributed by atoms with van der Waals surface area (Å²) in [5.41, 5.74) is 1.59. The number of benzene rings is 1. The number of hydrogen-bond donors (Lipinski definition) is 1. The van der Waals surface area contributed by atoms with Gasteiger partial charge in [-0.15, -0.1) is 0 Å². The van der Waals surface area contributed by atoms with E-state index in [1.165, 1.54) is 12.0 Å². The summed E-state index contributed by atoms with van der Waals surface area (Å²) in [7, 11) is 0. The standard InChI is InChI=1S/C16H23NO2/c1-3-12(2)17-9-7-13(8-10-17)14-5-4-6-15(11-14)16(18)19/h4-6,11-13H,3,7-10H2,1-2H3,(H,18,19). The molecule has 1 aliphatic rings. The summed E-state index contributed by atoms with van der Waals surface area (Å²) in [5.74, 6) is -0.321. The van der Waals surface area contributed by atoms with Gasteiger partial charge in [-0.2, -0.15) is 0 Å². The van der Waals surface area contributed by atoms with Crippen molar-refractivity contribution in [1.29, 1.82) is 0 Å². The third-order valence-electron chi connectivity index (χ3n) is 4.35. The molecule has 0 saturated carbocycles. The summed E-state index contributed by atoms with van der Waals surface area (Å²) in [6.07, 6.45) is 3.46. The van der Waals surface area contributed by atoms with Gasteiger partial charge in [-0.3, -0.25) is 0 Å². The Morgan fingerprint density at radius 2 is 2.11 bits per heavy atom. The van der Waals surface area contributed by atoms with Crippen molar-refractivity contribution in [2.24, 2.45) is 0 Å². The molecule has 0 amide bonds. The molecule has 0 bridgehead atoms. The third kappa shape index (κ3) is 3.35. The molecule has 1 heterocycles. The Labute approximate surface area is 115 Å². The summed E-state index contributed by atoms with van der Waals surface area (Å²) in [6.45, 7) is 6.76. The lowest BCUT2D eigenvalue weighted by Gasteiger charge is -2.36. The van der Waals surface area contributed by atoms with Gasteiger partial charge in [0.25, 0.3) is 0 Å². The summed E-state index contributed by atoms with van der Waals surface area (Å²) in [5, 5.41) is 9.05. The number of rotatable bonds is 4. The topological polar surface area (TPSA) is 40.5 Å². The van der Waals surface area contributed by atoms with Crippen LogP contribution in [0.2, 0.25) is 0 Å². The fourth-order valence-electron chi connectivity index (χ4n) is 2.86. The molecule has 2 rings (SSSR count). The fraction of sp³-hybridized carbons (Fsp3) is 0.562. The summed E-state index contributed by atoms with van der Waals surface area (Å²) >= 11 is 0. The maximum absolute atomic E-state index is 11.0. The van der Waals surface area contributed by atoms with Crippen LogP contribution in [-0.2, 0) is 0 Å². The van der Waals surface area contributed by atoms with Crippen molar-refractivity contribution in [3.8, 4) is 0 Å². The van der Waals surface area contributed by atoms with Crippen molar-refractivity contribution in [3.63, 3.8) is 0 Å². The molecule has 0 spiro atoms. The van der Waals surface area contributed by atoms with E-state index >= 15 is 0 Å². The Morgan fingerprint density at radius 3 is 2.68 bits per heavy atom. The predicted octanol–water partition coefficient (Wildman–Crippen LogP) is 3.36. The van der Waals surface area contributed by atoms with Gasteiger partial charge in [0, 0.05) is 6.04 Å². The average molecular weight is 261 g/mol. The van der Waals surface area contributed by atoms with Crippen LogP contribution in [0.5, 0.6) is 0 Å². The van der Waals surface area contributed by atoms with Gasteiger partial charge in [0.2, 0.25) is 0 Å². The first kappa shape index (κ1) is 14.1. The molecular weight excluding hydrogens is 238 g/mol. The van der Waals surface area contributed by atoms with Crippen molar-refractivity contribution in [3.05, 3.63) is 35.4 Å². The molecule has 1 unspecified atom stereocenters. The van der Waals surface area contributed by atoms with Crippen LogP contribution in [0, 0.1) is 0 Å². The lowest BCUT2D eigenvalue weighted by atomic mass is 9.88. The molecule has 0 radical (unpaired) electrons. The van der Waals surface area contributed by atoms with Crippen LogP contribution in [0.25, 0.3) is 0 Å². The van der Waals surface area contributed by atoms with E-state index in [0.29, 0.717) is 17.5 Å². The minimum Gasteiger partial charge on any atom is -0.478 e. The molecule has 1 N–H and O–H groups in total. The Kier molecular flexibility index (Phi) is 4.59. The SMILES string of the molecule is CCC(C)N1CCC(c2cccc(C(=O)O)c2)CC1. The number of hydrogen-bond acceptors (Lipinski definition) is 2. The second kappa shape index (κ2) is 6.20. The Morgan fingerprint density at radius 1 is 1.42 bits per heavy atom. The van der Waals surface area contributed by atoms with Crippen LogP contribution in [0.3, 0.4) is 0 Å². The number of likely N-dealkylation sites (tertiary alicyclic amines) is 1. The van der Waals surface area contributed by atoms with Crippen LogP contribution in [-0.4, -0.2) is 35.1 Å². The number of carboxylic acid groups (broad SMARTS) is 1. The normalized spacial score (nSPS) is 19.3. The van der Waals surface area contributed by atoms with Gasteiger partial charge in [-0.1, -0.05) is 19.1 Å². The highest BCUT2D eigenvalue weighted by Crippen LogP contribution is 2.29. The van der Waals surface area contributed by atoms with Gasteiger partial charge >= 0.3 is 5.97 Å². The molecule has 1 aliphatic heterocycles. The van der Waals surface area contributed by atoms with Crippen LogP contribution in [0.15, 0.2) is 24.3 Å². The maximum atomic E-state index is 11.0. The zero-order valence-electron chi connectivity index (χ0n) is 11.8. The molecule has 3 nitrogen and oxygen atoms in total. The number of aromatic carboxylic acids is 1. The zero-order valence-corrected chi connectivity index (χ0v) is 11.8. The van der Waals surface area contributed by atoms with Crippen molar-refractivity contribution in [1.82, 2.24) is 4.90 Å². The molecule has 0 aliphatic carbocycles. The molecule has 1 atom stereocenters. The Bertz CT molecular complexity index is 436. The Balaban J connectivity index is 2.01. The highest BCUT2D eigenvalue weighted by atomic mass is 16.4. The molecule has 19 heavy (non-hydrogen) atoms. The fourth-order valence-corrected chi connectivity index (χ4v) is 2.86. The van der Waals surface area contributed by atoms with Gasteiger partial charge in [0.15, 0.2) is 0 Å². The minimum absolute atomic E-state index is 0.404. The van der Waals surface area contributed by atoms with Gasteiger partial charge < -0.3 is 10.0 Å². The molecule has 1 saturated heterocycles. The van der Waals surface area contributed by atoms with Crippen molar-refractivity contribution < 1.29 is 9.90 Å². The zero-order chi connectivity index (χ0) is 13.8. The lowest BCUT2D eigenvalue weighted by Crippen LogP contribution is -2.39. The molecule has 1 aromatic rings. The summed E-state index contributed by atoms with van der Waals surface area (Å²) < 4.78 is 0. The smallest absolute Gasteiger partial charge is 0.335 e. The van der Waals surface area contributed by atoms with Gasteiger partial charge in [-0.05, 0) is 62.9 Å². The second-order valence-corrected chi connectivity index (χ2v) is 5.50. The van der Waals surface area contributed by atoms with Crippen molar-refractivity contribution in [2.45, 2.75) is 45.1 Å². The second-order valence-electron chi connectivity index (χ2n) is 5.50. The molecular formula is C16H23NO2. The van der Waals surface area contributed by atoms with Crippen molar-refractivity contribution in [2.75, 3.05) is 13.1 Å². The van der Waals surface area contributed by atoms with Gasteiger partial charge in [-0.25, -0.2) is 4.79 Å². The predicted molar refractivity (Wildman–Crippen MR) is 76.7 cm³/mol. The van der Waals surface area contributed by atoms with Crippen molar-refractivity contribution >= 4 is 5.97 Å². The van der Waals surface area contributed by atoms with E-state index in [1.54, 1.807) is 6.07 Å². The molecule has 3 heteroatoms. The quantitative estimate of drug-likeness (QED) is 0.903. The first-order valence-electron chi connectivity index (χ1n) is 7.19. The van der Waals surface area contributed by atoms with E-state index in [1.807, 2.05) is 12.1 Å². The largest absolute Gasteiger partial charge is 0.478 e. The number of nitrogens with zero attached hydrogens (tertiary/aromatic N) is 1. The maximum Gasteiger partial charge on any atom is 0.335 e. The van der Waals surface area contributed by atoms with Crippen LogP contribution < -0.4 is 0 Å². The number of carboxylic acids is 1. The van der Waals surface area contributed by atoms with E-state index in [2.05, 4.69) is 24.8 Å². The molecule has 1 aromatic carbocycles.